The molecule has 0 amide bonds. The molecule has 0 aliphatic carbocycles. The number of aromatic nitrogens is 2. The van der Waals surface area contributed by atoms with Crippen LogP contribution in [0.25, 0.3) is 10.9 Å². The van der Waals surface area contributed by atoms with E-state index >= 15 is 0 Å². The number of rotatable bonds is 4. The van der Waals surface area contributed by atoms with Gasteiger partial charge >= 0.3 is 5.49 Å². The van der Waals surface area contributed by atoms with Gasteiger partial charge in [0, 0.05) is 36.8 Å². The van der Waals surface area contributed by atoms with Crippen molar-refractivity contribution in [1.29, 1.82) is 0 Å². The van der Waals surface area contributed by atoms with Crippen LogP contribution < -0.4 is 9.85 Å². The predicted octanol–water partition coefficient (Wildman–Crippen LogP) is 3.10. The van der Waals surface area contributed by atoms with Gasteiger partial charge in [-0.05, 0) is 40.7 Å². The Kier molecular flexibility index (Phi) is 3.88. The average Bonchev–Trinajstić information content (AvgIpc) is 3.17. The molecular formula is C20H23N4O+. The van der Waals surface area contributed by atoms with Crippen LogP contribution in [0.15, 0.2) is 52.8 Å². The second kappa shape index (κ2) is 6.08. The van der Waals surface area contributed by atoms with E-state index in [1.165, 1.54) is 16.5 Å². The summed E-state index contributed by atoms with van der Waals surface area (Å²) in [6.07, 6.45) is 3.96. The lowest BCUT2D eigenvalue weighted by atomic mass is 10.0. The molecule has 1 aliphatic heterocycles. The van der Waals surface area contributed by atoms with E-state index in [-0.39, 0.29) is 6.17 Å². The highest BCUT2D eigenvalue weighted by Crippen LogP contribution is 2.30. The molecular weight excluding hydrogens is 312 g/mol. The quantitative estimate of drug-likeness (QED) is 0.676. The third kappa shape index (κ3) is 2.65. The zero-order valence-electron chi connectivity index (χ0n) is 15.1. The highest BCUT2D eigenvalue weighted by atomic mass is 16.5. The first-order chi connectivity index (χ1) is 12.1. The zero-order chi connectivity index (χ0) is 17.6. The van der Waals surface area contributed by atoms with E-state index in [1.807, 2.05) is 22.7 Å². The standard InChI is InChI=1S/C20H23N4O/c1-13(2)17-11-23(3)18-8-7-14(10-16(17)18)19-21-20-15(12-25-4)6-5-9-24(20)22-19/h5-11,13,19H,12H2,1-4H3/q+1. The minimum absolute atomic E-state index is 0.206. The molecule has 1 aromatic carbocycles. The van der Waals surface area contributed by atoms with Crippen molar-refractivity contribution in [2.45, 2.75) is 32.5 Å². The van der Waals surface area contributed by atoms with Crippen molar-refractivity contribution in [3.8, 4) is 0 Å². The second-order valence-electron chi connectivity index (χ2n) is 6.88. The van der Waals surface area contributed by atoms with Gasteiger partial charge in [0.25, 0.3) is 6.17 Å². The van der Waals surface area contributed by atoms with Crippen LogP contribution in [0, 0.1) is 0 Å². The summed E-state index contributed by atoms with van der Waals surface area (Å²) < 4.78 is 9.33. The number of pyridine rings is 1. The minimum atomic E-state index is -0.206. The van der Waals surface area contributed by atoms with E-state index in [1.54, 1.807) is 7.11 Å². The summed E-state index contributed by atoms with van der Waals surface area (Å²) in [5.41, 5.74) is 5.66. The highest BCUT2D eigenvalue weighted by Gasteiger charge is 2.25. The highest BCUT2D eigenvalue weighted by molar-refractivity contribution is 5.85. The van der Waals surface area contributed by atoms with E-state index in [0.29, 0.717) is 12.5 Å². The number of hydrogen-bond acceptors (Lipinski definition) is 3. The fourth-order valence-electron chi connectivity index (χ4n) is 3.50. The second-order valence-corrected chi connectivity index (χ2v) is 6.88. The molecule has 3 heterocycles. The number of nitrogens with zero attached hydrogens (tertiary/aromatic N) is 4. The summed E-state index contributed by atoms with van der Waals surface area (Å²) >= 11 is 0. The van der Waals surface area contributed by atoms with E-state index < -0.39 is 0 Å². The number of methoxy groups -OCH3 is 1. The maximum absolute atomic E-state index is 5.28. The van der Waals surface area contributed by atoms with Crippen LogP contribution in [0.3, 0.4) is 0 Å². The van der Waals surface area contributed by atoms with Crippen LogP contribution in [0.2, 0.25) is 0 Å². The SMILES string of the molecule is COCc1ccc[n+]2c1=NC(c1ccc3c(c1)c(C(C)C)cn3C)N=2. The van der Waals surface area contributed by atoms with Gasteiger partial charge in [0.15, 0.2) is 0 Å². The van der Waals surface area contributed by atoms with Crippen LogP contribution >= 0.6 is 0 Å². The van der Waals surface area contributed by atoms with Gasteiger partial charge < -0.3 is 9.30 Å². The molecule has 4 rings (SSSR count). The average molecular weight is 335 g/mol. The van der Waals surface area contributed by atoms with Crippen molar-refractivity contribution in [3.63, 3.8) is 0 Å². The maximum atomic E-state index is 5.28. The smallest absolute Gasteiger partial charge is 0.350 e. The lowest BCUT2D eigenvalue weighted by molar-refractivity contribution is -0.561. The number of ether oxygens (including phenoxy) is 1. The molecule has 0 radical (unpaired) electrons. The van der Waals surface area contributed by atoms with Crippen molar-refractivity contribution in [2.75, 3.05) is 7.11 Å². The number of benzene rings is 1. The van der Waals surface area contributed by atoms with Crippen molar-refractivity contribution in [2.24, 2.45) is 17.2 Å². The van der Waals surface area contributed by atoms with Gasteiger partial charge in [0.1, 0.15) is 6.20 Å². The molecule has 0 bridgehead atoms. The normalized spacial score (nSPS) is 16.1. The Balaban J connectivity index is 1.83. The largest absolute Gasteiger partial charge is 0.380 e. The first-order valence-corrected chi connectivity index (χ1v) is 8.62. The summed E-state index contributed by atoms with van der Waals surface area (Å²) in [4.78, 5) is 4.84. The topological polar surface area (TPSA) is 44.8 Å². The molecule has 0 N–H and O–H groups in total. The van der Waals surface area contributed by atoms with Crippen LogP contribution in [-0.2, 0) is 18.4 Å². The number of aryl methyl sites for hydroxylation is 1. The maximum Gasteiger partial charge on any atom is 0.350 e. The number of fused-ring (bicyclic) bond motifs is 2. The molecule has 0 fully saturated rings. The van der Waals surface area contributed by atoms with E-state index in [0.717, 1.165) is 16.6 Å². The summed E-state index contributed by atoms with van der Waals surface area (Å²) in [6.45, 7) is 5.00. The van der Waals surface area contributed by atoms with E-state index in [2.05, 4.69) is 49.9 Å². The molecule has 0 saturated heterocycles. The molecule has 2 aromatic heterocycles. The monoisotopic (exact) mass is 335 g/mol. The summed E-state index contributed by atoms with van der Waals surface area (Å²) in [5, 5.41) is 6.03. The molecule has 3 aromatic rings. The Hall–Kier alpha value is -2.53. The first kappa shape index (κ1) is 16.0. The van der Waals surface area contributed by atoms with Gasteiger partial charge in [-0.15, -0.1) is 4.36 Å². The van der Waals surface area contributed by atoms with Gasteiger partial charge in [-0.3, -0.25) is 0 Å². The molecule has 128 valence electrons. The van der Waals surface area contributed by atoms with E-state index in [4.69, 9.17) is 14.8 Å². The summed E-state index contributed by atoms with van der Waals surface area (Å²) in [5.74, 6) is 0.483. The van der Waals surface area contributed by atoms with Crippen molar-refractivity contribution in [3.05, 3.63) is 64.9 Å². The molecule has 1 atom stereocenters. The predicted molar refractivity (Wildman–Crippen MR) is 96.1 cm³/mol. The van der Waals surface area contributed by atoms with Gasteiger partial charge in [0.05, 0.1) is 12.2 Å². The molecule has 1 aliphatic rings. The summed E-state index contributed by atoms with van der Waals surface area (Å²) in [7, 11) is 3.80. The van der Waals surface area contributed by atoms with Crippen LogP contribution in [0.5, 0.6) is 0 Å². The molecule has 0 spiro atoms. The molecule has 5 nitrogen and oxygen atoms in total. The summed E-state index contributed by atoms with van der Waals surface area (Å²) in [6, 6.07) is 10.6. The van der Waals surface area contributed by atoms with E-state index in [9.17, 15) is 0 Å². The van der Waals surface area contributed by atoms with Crippen molar-refractivity contribution < 1.29 is 9.10 Å². The van der Waals surface area contributed by atoms with Gasteiger partial charge in [-0.1, -0.05) is 25.0 Å². The Morgan fingerprint density at radius 3 is 2.88 bits per heavy atom. The fraction of sp³-hybridized carbons (Fsp3) is 0.350. The zero-order valence-corrected chi connectivity index (χ0v) is 15.1. The lowest BCUT2D eigenvalue weighted by Gasteiger charge is -2.04. The molecule has 25 heavy (non-hydrogen) atoms. The number of hydrogen-bond donors (Lipinski definition) is 0. The Labute approximate surface area is 146 Å². The Morgan fingerprint density at radius 2 is 2.12 bits per heavy atom. The fourth-order valence-corrected chi connectivity index (χ4v) is 3.50. The van der Waals surface area contributed by atoms with Gasteiger partial charge in [-0.2, -0.15) is 0 Å². The van der Waals surface area contributed by atoms with Gasteiger partial charge in [-0.25, -0.2) is 0 Å². The van der Waals surface area contributed by atoms with Gasteiger partial charge in [0.2, 0.25) is 0 Å². The Bertz CT molecular complexity index is 1070. The third-order valence-electron chi connectivity index (χ3n) is 4.77. The first-order valence-electron chi connectivity index (χ1n) is 8.62. The van der Waals surface area contributed by atoms with Crippen LogP contribution in [0.1, 0.15) is 42.6 Å². The lowest BCUT2D eigenvalue weighted by Crippen LogP contribution is -2.36. The minimum Gasteiger partial charge on any atom is -0.380 e. The Morgan fingerprint density at radius 1 is 1.28 bits per heavy atom. The van der Waals surface area contributed by atoms with Crippen LogP contribution in [0.4, 0.5) is 0 Å². The molecule has 1 unspecified atom stereocenters. The third-order valence-corrected chi connectivity index (χ3v) is 4.77. The van der Waals surface area contributed by atoms with Crippen molar-refractivity contribution >= 4 is 10.9 Å². The van der Waals surface area contributed by atoms with Crippen LogP contribution in [-0.4, -0.2) is 11.7 Å². The molecule has 5 heteroatoms. The van der Waals surface area contributed by atoms with Crippen molar-refractivity contribution in [1.82, 2.24) is 4.57 Å². The molecule has 0 saturated carbocycles.